The van der Waals surface area contributed by atoms with Gasteiger partial charge < -0.3 is 11.1 Å². The number of rotatable bonds is 6. The molecule has 0 fully saturated rings. The van der Waals surface area contributed by atoms with Crippen LogP contribution >= 0.6 is 22.9 Å². The third-order valence-electron chi connectivity index (χ3n) is 2.63. The van der Waals surface area contributed by atoms with Gasteiger partial charge in [0.25, 0.3) is 5.91 Å². The molecule has 0 aliphatic carbocycles. The Kier molecular flexibility index (Phi) is 5.95. The van der Waals surface area contributed by atoms with Crippen LogP contribution in [0.5, 0.6) is 0 Å². The van der Waals surface area contributed by atoms with Crippen LogP contribution in [0.4, 0.5) is 0 Å². The molecule has 0 aromatic carbocycles. The van der Waals surface area contributed by atoms with Gasteiger partial charge in [0.05, 0.1) is 5.02 Å². The van der Waals surface area contributed by atoms with E-state index in [4.69, 9.17) is 17.3 Å². The Hall–Kier alpha value is -0.580. The number of unbranched alkanes of at least 4 members (excludes halogenated alkanes) is 1. The van der Waals surface area contributed by atoms with Crippen molar-refractivity contribution in [3.8, 4) is 0 Å². The third-order valence-corrected chi connectivity index (χ3v) is 4.33. The summed E-state index contributed by atoms with van der Waals surface area (Å²) in [4.78, 5) is 12.6. The maximum absolute atomic E-state index is 12.0. The normalized spacial score (nSPS) is 12.5. The lowest BCUT2D eigenvalue weighted by atomic mass is 10.1. The molecular weight excluding hydrogens is 256 g/mol. The summed E-state index contributed by atoms with van der Waals surface area (Å²) in [6.07, 6.45) is 3.09. The molecule has 1 atom stereocenters. The molecule has 3 nitrogen and oxygen atoms in total. The van der Waals surface area contributed by atoms with Crippen LogP contribution < -0.4 is 11.1 Å². The summed E-state index contributed by atoms with van der Waals surface area (Å²) < 4.78 is 0. The van der Waals surface area contributed by atoms with E-state index in [0.29, 0.717) is 16.4 Å². The molecule has 1 aromatic heterocycles. The van der Waals surface area contributed by atoms with E-state index in [-0.39, 0.29) is 11.9 Å². The summed E-state index contributed by atoms with van der Waals surface area (Å²) in [5.74, 6) is -0.111. The van der Waals surface area contributed by atoms with Crippen molar-refractivity contribution in [2.45, 2.75) is 39.2 Å². The maximum atomic E-state index is 12.0. The Bertz CT molecular complexity index is 379. The van der Waals surface area contributed by atoms with Crippen molar-refractivity contribution in [3.63, 3.8) is 0 Å². The average Bonchev–Trinajstić information content (AvgIpc) is 2.65. The number of amides is 1. The lowest BCUT2D eigenvalue weighted by Gasteiger charge is -2.15. The van der Waals surface area contributed by atoms with E-state index < -0.39 is 0 Å². The minimum absolute atomic E-state index is 0.0425. The van der Waals surface area contributed by atoms with E-state index in [1.165, 1.54) is 11.3 Å². The van der Waals surface area contributed by atoms with E-state index in [1.807, 2.05) is 12.3 Å². The molecule has 0 aliphatic rings. The van der Waals surface area contributed by atoms with Gasteiger partial charge in [-0.05, 0) is 24.3 Å². The van der Waals surface area contributed by atoms with Gasteiger partial charge in [0.1, 0.15) is 4.88 Å². The molecule has 0 radical (unpaired) electrons. The maximum Gasteiger partial charge on any atom is 0.263 e. The Morgan fingerprint density at radius 1 is 1.65 bits per heavy atom. The number of hydrogen-bond donors (Lipinski definition) is 2. The van der Waals surface area contributed by atoms with Crippen LogP contribution in [0.25, 0.3) is 0 Å². The van der Waals surface area contributed by atoms with Crippen molar-refractivity contribution in [2.75, 3.05) is 6.54 Å². The highest BCUT2D eigenvalue weighted by atomic mass is 35.5. The van der Waals surface area contributed by atoms with Gasteiger partial charge in [0.15, 0.2) is 0 Å². The number of hydrogen-bond acceptors (Lipinski definition) is 3. The molecule has 5 heteroatoms. The first kappa shape index (κ1) is 14.5. The molecule has 0 bridgehead atoms. The zero-order valence-electron chi connectivity index (χ0n) is 10.3. The van der Waals surface area contributed by atoms with Gasteiger partial charge in [-0.1, -0.05) is 31.4 Å². The molecule has 1 amide bonds. The quantitative estimate of drug-likeness (QED) is 0.838. The lowest BCUT2D eigenvalue weighted by Crippen LogP contribution is -2.39. The minimum atomic E-state index is -0.111. The molecule has 1 heterocycles. The number of carbonyl (C=O) groups excluding carboxylic acids is 1. The third kappa shape index (κ3) is 3.98. The topological polar surface area (TPSA) is 55.1 Å². The van der Waals surface area contributed by atoms with Crippen molar-refractivity contribution < 1.29 is 4.79 Å². The van der Waals surface area contributed by atoms with E-state index in [1.54, 1.807) is 0 Å². The van der Waals surface area contributed by atoms with Crippen LogP contribution in [-0.4, -0.2) is 18.5 Å². The van der Waals surface area contributed by atoms with Crippen molar-refractivity contribution >= 4 is 28.8 Å². The van der Waals surface area contributed by atoms with Gasteiger partial charge in [-0.25, -0.2) is 0 Å². The van der Waals surface area contributed by atoms with Gasteiger partial charge in [0, 0.05) is 12.6 Å². The first-order valence-corrected chi connectivity index (χ1v) is 7.10. The number of nitrogens with one attached hydrogen (secondary N) is 1. The standard InChI is InChI=1S/C12H19ClN2OS/c1-3-4-5-9(6-14)15-12(16)11-10(13)8(2)7-17-11/h7,9H,3-6,14H2,1-2H3,(H,15,16). The first-order chi connectivity index (χ1) is 8.10. The molecule has 0 saturated carbocycles. The fourth-order valence-corrected chi connectivity index (χ4v) is 2.72. The first-order valence-electron chi connectivity index (χ1n) is 5.84. The lowest BCUT2D eigenvalue weighted by molar-refractivity contribution is 0.0940. The zero-order valence-corrected chi connectivity index (χ0v) is 11.8. The van der Waals surface area contributed by atoms with E-state index in [0.717, 1.165) is 24.8 Å². The second-order valence-electron chi connectivity index (χ2n) is 4.11. The fraction of sp³-hybridized carbons (Fsp3) is 0.583. The Morgan fingerprint density at radius 2 is 2.35 bits per heavy atom. The smallest absolute Gasteiger partial charge is 0.263 e. The van der Waals surface area contributed by atoms with E-state index >= 15 is 0 Å². The second-order valence-corrected chi connectivity index (χ2v) is 5.37. The highest BCUT2D eigenvalue weighted by molar-refractivity contribution is 7.13. The van der Waals surface area contributed by atoms with Crippen LogP contribution in [0, 0.1) is 6.92 Å². The second kappa shape index (κ2) is 6.99. The van der Waals surface area contributed by atoms with Crippen molar-refractivity contribution in [1.82, 2.24) is 5.32 Å². The fourth-order valence-electron chi connectivity index (χ4n) is 1.53. The zero-order chi connectivity index (χ0) is 12.8. The Balaban J connectivity index is 2.61. The van der Waals surface area contributed by atoms with Crippen LogP contribution in [0.2, 0.25) is 5.02 Å². The minimum Gasteiger partial charge on any atom is -0.347 e. The summed E-state index contributed by atoms with van der Waals surface area (Å²) in [5, 5.41) is 5.38. The highest BCUT2D eigenvalue weighted by Gasteiger charge is 2.17. The highest BCUT2D eigenvalue weighted by Crippen LogP contribution is 2.27. The van der Waals surface area contributed by atoms with Crippen molar-refractivity contribution in [1.29, 1.82) is 0 Å². The van der Waals surface area contributed by atoms with Gasteiger partial charge in [-0.3, -0.25) is 4.79 Å². The van der Waals surface area contributed by atoms with Gasteiger partial charge in [-0.2, -0.15) is 0 Å². The molecule has 1 rings (SSSR count). The SMILES string of the molecule is CCCCC(CN)NC(=O)c1scc(C)c1Cl. The van der Waals surface area contributed by atoms with Gasteiger partial charge in [-0.15, -0.1) is 11.3 Å². The molecule has 0 spiro atoms. The van der Waals surface area contributed by atoms with Crippen LogP contribution in [0.15, 0.2) is 5.38 Å². The molecule has 0 aliphatic heterocycles. The Labute approximate surface area is 111 Å². The molecule has 0 saturated heterocycles. The predicted molar refractivity (Wildman–Crippen MR) is 73.9 cm³/mol. The summed E-state index contributed by atoms with van der Waals surface area (Å²) in [5.41, 5.74) is 6.58. The summed E-state index contributed by atoms with van der Waals surface area (Å²) in [6, 6.07) is 0.0425. The molecule has 96 valence electrons. The molecule has 3 N–H and O–H groups in total. The summed E-state index contributed by atoms with van der Waals surface area (Å²) in [7, 11) is 0. The van der Waals surface area contributed by atoms with Crippen LogP contribution in [-0.2, 0) is 0 Å². The van der Waals surface area contributed by atoms with Gasteiger partial charge >= 0.3 is 0 Å². The van der Waals surface area contributed by atoms with E-state index in [2.05, 4.69) is 12.2 Å². The Morgan fingerprint density at radius 3 is 2.82 bits per heavy atom. The number of aryl methyl sites for hydroxylation is 1. The molecule has 17 heavy (non-hydrogen) atoms. The number of thiophene rings is 1. The van der Waals surface area contributed by atoms with Crippen molar-refractivity contribution in [2.24, 2.45) is 5.73 Å². The molecule has 1 unspecified atom stereocenters. The van der Waals surface area contributed by atoms with Crippen molar-refractivity contribution in [3.05, 3.63) is 20.8 Å². The monoisotopic (exact) mass is 274 g/mol. The number of carbonyl (C=O) groups is 1. The summed E-state index contributed by atoms with van der Waals surface area (Å²) in [6.45, 7) is 4.48. The number of nitrogens with two attached hydrogens (primary N) is 1. The van der Waals surface area contributed by atoms with Crippen LogP contribution in [0.3, 0.4) is 0 Å². The molecular formula is C12H19ClN2OS. The van der Waals surface area contributed by atoms with Crippen LogP contribution in [0.1, 0.15) is 41.4 Å². The summed E-state index contributed by atoms with van der Waals surface area (Å²) >= 11 is 7.43. The number of halogens is 1. The largest absolute Gasteiger partial charge is 0.347 e. The molecule has 1 aromatic rings. The van der Waals surface area contributed by atoms with Gasteiger partial charge in [0.2, 0.25) is 0 Å². The predicted octanol–water partition coefficient (Wildman–Crippen LogP) is 2.96. The average molecular weight is 275 g/mol. The van der Waals surface area contributed by atoms with E-state index in [9.17, 15) is 4.79 Å².